The van der Waals surface area contributed by atoms with Crippen molar-refractivity contribution in [1.29, 1.82) is 0 Å². The monoisotopic (exact) mass is 406 g/mol. The van der Waals surface area contributed by atoms with E-state index in [-0.39, 0.29) is 18.0 Å². The van der Waals surface area contributed by atoms with Gasteiger partial charge >= 0.3 is 0 Å². The largest absolute Gasteiger partial charge is 0.342 e. The van der Waals surface area contributed by atoms with E-state index in [0.29, 0.717) is 5.69 Å². The smallest absolute Gasteiger partial charge is 0.271 e. The summed E-state index contributed by atoms with van der Waals surface area (Å²) in [6.07, 6.45) is 7.53. The summed E-state index contributed by atoms with van der Waals surface area (Å²) in [5.41, 5.74) is 4.00. The first-order valence-corrected chi connectivity index (χ1v) is 11.0. The van der Waals surface area contributed by atoms with Gasteiger partial charge in [0.2, 0.25) is 0 Å². The maximum absolute atomic E-state index is 13.0. The van der Waals surface area contributed by atoms with E-state index in [1.165, 1.54) is 22.5 Å². The molecule has 7 heteroatoms. The molecule has 1 aliphatic rings. The van der Waals surface area contributed by atoms with E-state index in [1.54, 1.807) is 17.5 Å². The molecule has 28 heavy (non-hydrogen) atoms. The summed E-state index contributed by atoms with van der Waals surface area (Å²) in [6, 6.07) is 10.4. The van der Waals surface area contributed by atoms with Crippen molar-refractivity contribution in [3.05, 3.63) is 82.0 Å². The molecule has 0 saturated heterocycles. The molecule has 5 nitrogen and oxygen atoms in total. The van der Waals surface area contributed by atoms with Gasteiger partial charge in [0.15, 0.2) is 0 Å². The molecule has 3 heterocycles. The van der Waals surface area contributed by atoms with Crippen molar-refractivity contribution >= 4 is 28.6 Å². The molecule has 3 aromatic heterocycles. The minimum Gasteiger partial charge on any atom is -0.342 e. The van der Waals surface area contributed by atoms with Crippen molar-refractivity contribution in [1.82, 2.24) is 19.9 Å². The van der Waals surface area contributed by atoms with E-state index in [2.05, 4.69) is 38.1 Å². The van der Waals surface area contributed by atoms with Crippen LogP contribution in [0.4, 0.5) is 0 Å². The highest BCUT2D eigenvalue weighted by Crippen LogP contribution is 2.38. The Balaban J connectivity index is 1.45. The molecule has 4 aromatic rings. The Morgan fingerprint density at radius 3 is 2.96 bits per heavy atom. The van der Waals surface area contributed by atoms with Gasteiger partial charge in [-0.3, -0.25) is 4.79 Å². The van der Waals surface area contributed by atoms with Gasteiger partial charge in [-0.1, -0.05) is 24.3 Å². The second kappa shape index (κ2) is 7.33. The molecule has 5 rings (SSSR count). The molecule has 1 aromatic carbocycles. The molecule has 0 radical (unpaired) electrons. The highest BCUT2D eigenvalue weighted by Gasteiger charge is 2.32. The zero-order valence-electron chi connectivity index (χ0n) is 15.0. The fraction of sp³-hybridized carbons (Fsp3) is 0.190. The van der Waals surface area contributed by atoms with Gasteiger partial charge in [-0.15, -0.1) is 11.3 Å². The number of carbonyl (C=O) groups is 1. The molecule has 140 valence electrons. The van der Waals surface area contributed by atoms with Gasteiger partial charge < -0.3 is 9.88 Å². The number of benzene rings is 1. The lowest BCUT2D eigenvalue weighted by Crippen LogP contribution is -2.37. The summed E-state index contributed by atoms with van der Waals surface area (Å²) in [5.74, 6) is -0.135. The number of hydrogen-bond donors (Lipinski definition) is 1. The van der Waals surface area contributed by atoms with Crippen LogP contribution in [0.1, 0.15) is 40.1 Å². The van der Waals surface area contributed by atoms with Gasteiger partial charge in [0.25, 0.3) is 5.91 Å². The summed E-state index contributed by atoms with van der Waals surface area (Å²) in [7, 11) is 0. The number of imidazole rings is 1. The zero-order valence-corrected chi connectivity index (χ0v) is 16.6. The van der Waals surface area contributed by atoms with E-state index < -0.39 is 0 Å². The molecule has 2 atom stereocenters. The summed E-state index contributed by atoms with van der Waals surface area (Å²) >= 11 is 3.13. The third-order valence-corrected chi connectivity index (χ3v) is 6.76. The van der Waals surface area contributed by atoms with Crippen molar-refractivity contribution in [3.63, 3.8) is 0 Å². The van der Waals surface area contributed by atoms with Crippen LogP contribution in [0.5, 0.6) is 0 Å². The second-order valence-electron chi connectivity index (χ2n) is 6.82. The number of aryl methyl sites for hydroxylation is 1. The molecule has 1 aliphatic carbocycles. The maximum Gasteiger partial charge on any atom is 0.271 e. The normalized spacial score (nSPS) is 18.6. The topological polar surface area (TPSA) is 59.8 Å². The summed E-state index contributed by atoms with van der Waals surface area (Å²) in [4.78, 5) is 21.8. The van der Waals surface area contributed by atoms with Gasteiger partial charge in [-0.05, 0) is 35.4 Å². The van der Waals surface area contributed by atoms with Crippen LogP contribution in [0, 0.1) is 0 Å². The highest BCUT2D eigenvalue weighted by atomic mass is 32.1. The Hall–Kier alpha value is -2.77. The first-order valence-electron chi connectivity index (χ1n) is 9.14. The quantitative estimate of drug-likeness (QED) is 0.533. The number of amides is 1. The summed E-state index contributed by atoms with van der Waals surface area (Å²) < 4.78 is 2.10. The predicted molar refractivity (Wildman–Crippen MR) is 112 cm³/mol. The van der Waals surface area contributed by atoms with Gasteiger partial charge in [0.1, 0.15) is 10.7 Å². The maximum atomic E-state index is 13.0. The van der Waals surface area contributed by atoms with Crippen LogP contribution in [0.15, 0.2) is 65.2 Å². The lowest BCUT2D eigenvalue weighted by molar-refractivity contribution is 0.0913. The van der Waals surface area contributed by atoms with E-state index in [1.807, 2.05) is 40.8 Å². The Kier molecular flexibility index (Phi) is 4.54. The van der Waals surface area contributed by atoms with Crippen molar-refractivity contribution in [2.75, 3.05) is 0 Å². The minimum atomic E-state index is -0.135. The number of rotatable bonds is 4. The van der Waals surface area contributed by atoms with E-state index in [9.17, 15) is 4.79 Å². The first kappa shape index (κ1) is 17.3. The Morgan fingerprint density at radius 1 is 1.21 bits per heavy atom. The first-order chi connectivity index (χ1) is 13.8. The molecule has 0 spiro atoms. The number of nitrogens with one attached hydrogen (secondary N) is 1. The lowest BCUT2D eigenvalue weighted by atomic mass is 9.83. The average molecular weight is 407 g/mol. The second-order valence-corrected chi connectivity index (χ2v) is 8.45. The molecule has 0 bridgehead atoms. The molecular weight excluding hydrogens is 388 g/mol. The fourth-order valence-corrected chi connectivity index (χ4v) is 5.33. The number of aromatic nitrogens is 3. The predicted octanol–water partition coefficient (Wildman–Crippen LogP) is 4.73. The minimum absolute atomic E-state index is 0.113. The number of fused-ring (bicyclic) bond motifs is 1. The number of thiazole rings is 1. The molecule has 0 saturated carbocycles. The van der Waals surface area contributed by atoms with Gasteiger partial charge in [0.05, 0.1) is 18.4 Å². The molecule has 2 unspecified atom stereocenters. The highest BCUT2D eigenvalue weighted by molar-refractivity contribution is 7.14. The molecule has 1 amide bonds. The Labute approximate surface area is 170 Å². The van der Waals surface area contributed by atoms with Crippen molar-refractivity contribution < 1.29 is 4.79 Å². The van der Waals surface area contributed by atoms with E-state index in [0.717, 1.165) is 23.4 Å². The standard InChI is InChI=1S/C21H18N4OS2/c26-20(17-12-28-21(23-17)15-7-10-27-11-15)24-19-16-4-2-1-3-14(16)5-6-18(19)25-9-8-22-13-25/h1-4,7-13,18-19H,5-6H2,(H,24,26). The fourth-order valence-electron chi connectivity index (χ4n) is 3.82. The molecule has 0 aliphatic heterocycles. The van der Waals surface area contributed by atoms with Crippen LogP contribution in [0.3, 0.4) is 0 Å². The Bertz CT molecular complexity index is 1090. The van der Waals surface area contributed by atoms with E-state index in [4.69, 9.17) is 0 Å². The number of carbonyl (C=O) groups excluding carboxylic acids is 1. The van der Waals surface area contributed by atoms with Crippen LogP contribution in [0.25, 0.3) is 10.6 Å². The molecular formula is C21H18N4OS2. The summed E-state index contributed by atoms with van der Waals surface area (Å²) in [5, 5.41) is 10.0. The van der Waals surface area contributed by atoms with Crippen molar-refractivity contribution in [2.24, 2.45) is 0 Å². The SMILES string of the molecule is O=C(NC1c2ccccc2CCC1n1ccnc1)c1csc(-c2ccsc2)n1. The summed E-state index contributed by atoms with van der Waals surface area (Å²) in [6.45, 7) is 0. The van der Waals surface area contributed by atoms with Crippen LogP contribution < -0.4 is 5.32 Å². The van der Waals surface area contributed by atoms with Gasteiger partial charge in [-0.2, -0.15) is 11.3 Å². The van der Waals surface area contributed by atoms with Crippen LogP contribution >= 0.6 is 22.7 Å². The van der Waals surface area contributed by atoms with Gasteiger partial charge in [0, 0.05) is 28.7 Å². The van der Waals surface area contributed by atoms with Crippen molar-refractivity contribution in [3.8, 4) is 10.6 Å². The van der Waals surface area contributed by atoms with Crippen LogP contribution in [-0.2, 0) is 6.42 Å². The van der Waals surface area contributed by atoms with Gasteiger partial charge in [-0.25, -0.2) is 9.97 Å². The molecule has 0 fully saturated rings. The van der Waals surface area contributed by atoms with E-state index >= 15 is 0 Å². The molecule has 1 N–H and O–H groups in total. The number of thiophene rings is 1. The van der Waals surface area contributed by atoms with Crippen LogP contribution in [0.2, 0.25) is 0 Å². The number of nitrogens with zero attached hydrogens (tertiary/aromatic N) is 3. The average Bonchev–Trinajstić information content (AvgIpc) is 3.50. The van der Waals surface area contributed by atoms with Crippen LogP contribution in [-0.4, -0.2) is 20.4 Å². The van der Waals surface area contributed by atoms with Crippen molar-refractivity contribution in [2.45, 2.75) is 24.9 Å². The third kappa shape index (κ3) is 3.16. The Morgan fingerprint density at radius 2 is 2.14 bits per heavy atom. The number of hydrogen-bond acceptors (Lipinski definition) is 5. The zero-order chi connectivity index (χ0) is 18.9. The third-order valence-electron chi connectivity index (χ3n) is 5.18. The lowest BCUT2D eigenvalue weighted by Gasteiger charge is -2.34.